The van der Waals surface area contributed by atoms with Gasteiger partial charge in [0.15, 0.2) is 17.5 Å². The molecule has 0 saturated heterocycles. The highest BCUT2D eigenvalue weighted by Gasteiger charge is 2.12. The van der Waals surface area contributed by atoms with E-state index in [1.807, 2.05) is 67.6 Å². The van der Waals surface area contributed by atoms with Crippen molar-refractivity contribution in [3.63, 3.8) is 0 Å². The Morgan fingerprint density at radius 2 is 1.58 bits per heavy atom. The molecule has 3 rings (SSSR count). The van der Waals surface area contributed by atoms with Crippen LogP contribution in [0.2, 0.25) is 0 Å². The van der Waals surface area contributed by atoms with E-state index in [9.17, 15) is 0 Å². The van der Waals surface area contributed by atoms with Crippen molar-refractivity contribution in [3.05, 3.63) is 96.9 Å². The second-order valence-electron chi connectivity index (χ2n) is 5.90. The molecular weight excluding hydrogens is 318 g/mol. The quantitative estimate of drug-likeness (QED) is 0.563. The first-order valence-corrected chi connectivity index (χ1v) is 8.55. The molecule has 3 heteroatoms. The number of allylic oxidation sites excluding steroid dienone is 5. The van der Waals surface area contributed by atoms with Gasteiger partial charge in [0.1, 0.15) is 0 Å². The van der Waals surface area contributed by atoms with Gasteiger partial charge in [-0.3, -0.25) is 0 Å². The lowest BCUT2D eigenvalue weighted by Gasteiger charge is -2.09. The summed E-state index contributed by atoms with van der Waals surface area (Å²) < 4.78 is 0. The number of hydrogen-bond acceptors (Lipinski definition) is 3. The summed E-state index contributed by atoms with van der Waals surface area (Å²) in [5, 5.41) is 0. The maximum absolute atomic E-state index is 4.72. The SMILES string of the molecule is C=C/C=C(\C=C/C)c1nc(-c2ccccc2)nc(-c2cccc(C)c2)n1. The fraction of sp³-hybridized carbons (Fsp3) is 0.0870. The third kappa shape index (κ3) is 4.01. The Hall–Kier alpha value is -3.33. The van der Waals surface area contributed by atoms with Crippen molar-refractivity contribution in [1.29, 1.82) is 0 Å². The van der Waals surface area contributed by atoms with Crippen LogP contribution < -0.4 is 0 Å². The first-order valence-electron chi connectivity index (χ1n) is 8.55. The minimum Gasteiger partial charge on any atom is -0.208 e. The van der Waals surface area contributed by atoms with Crippen LogP contribution >= 0.6 is 0 Å². The maximum atomic E-state index is 4.72. The summed E-state index contributed by atoms with van der Waals surface area (Å²) in [7, 11) is 0. The molecule has 3 aromatic rings. The van der Waals surface area contributed by atoms with Crippen LogP contribution in [-0.4, -0.2) is 15.0 Å². The van der Waals surface area contributed by atoms with E-state index in [1.54, 1.807) is 6.08 Å². The molecule has 0 saturated carbocycles. The maximum Gasteiger partial charge on any atom is 0.164 e. The van der Waals surface area contributed by atoms with Crippen molar-refractivity contribution in [2.24, 2.45) is 0 Å². The molecule has 0 aliphatic carbocycles. The van der Waals surface area contributed by atoms with Gasteiger partial charge in [0.2, 0.25) is 0 Å². The fourth-order valence-corrected chi connectivity index (χ4v) is 2.65. The summed E-state index contributed by atoms with van der Waals surface area (Å²) in [5.41, 5.74) is 4.00. The Kier molecular flexibility index (Phi) is 5.49. The molecule has 0 atom stereocenters. The van der Waals surface area contributed by atoms with Crippen molar-refractivity contribution in [2.45, 2.75) is 13.8 Å². The normalized spacial score (nSPS) is 11.7. The molecular formula is C23H21N3. The van der Waals surface area contributed by atoms with Crippen molar-refractivity contribution >= 4 is 5.57 Å². The van der Waals surface area contributed by atoms with Crippen molar-refractivity contribution in [3.8, 4) is 22.8 Å². The lowest BCUT2D eigenvalue weighted by Crippen LogP contribution is -2.02. The highest BCUT2D eigenvalue weighted by Crippen LogP contribution is 2.23. The van der Waals surface area contributed by atoms with Crippen LogP contribution in [-0.2, 0) is 0 Å². The van der Waals surface area contributed by atoms with Gasteiger partial charge in [-0.05, 0) is 19.9 Å². The molecule has 0 spiro atoms. The van der Waals surface area contributed by atoms with Crippen LogP contribution in [0, 0.1) is 6.92 Å². The minimum atomic E-state index is 0.633. The summed E-state index contributed by atoms with van der Waals surface area (Å²) in [6, 6.07) is 18.1. The first kappa shape index (κ1) is 17.5. The zero-order chi connectivity index (χ0) is 18.4. The number of aryl methyl sites for hydroxylation is 1. The predicted molar refractivity (Wildman–Crippen MR) is 108 cm³/mol. The molecule has 128 valence electrons. The third-order valence-corrected chi connectivity index (χ3v) is 3.85. The number of aromatic nitrogens is 3. The number of rotatable bonds is 5. The van der Waals surface area contributed by atoms with Crippen LogP contribution in [0.5, 0.6) is 0 Å². The zero-order valence-electron chi connectivity index (χ0n) is 15.1. The van der Waals surface area contributed by atoms with Gasteiger partial charge in [-0.1, -0.05) is 85.0 Å². The predicted octanol–water partition coefficient (Wildman–Crippen LogP) is 5.66. The van der Waals surface area contributed by atoms with E-state index in [2.05, 4.69) is 25.6 Å². The number of nitrogens with zero attached hydrogens (tertiary/aromatic N) is 3. The van der Waals surface area contributed by atoms with Gasteiger partial charge in [-0.25, -0.2) is 15.0 Å². The van der Waals surface area contributed by atoms with Gasteiger partial charge in [-0.15, -0.1) is 0 Å². The van der Waals surface area contributed by atoms with Gasteiger partial charge in [-0.2, -0.15) is 0 Å². The number of hydrogen-bond donors (Lipinski definition) is 0. The Labute approximate surface area is 154 Å². The lowest BCUT2D eigenvalue weighted by molar-refractivity contribution is 1.04. The van der Waals surface area contributed by atoms with Crippen molar-refractivity contribution < 1.29 is 0 Å². The summed E-state index contributed by atoms with van der Waals surface area (Å²) >= 11 is 0. The Bertz CT molecular complexity index is 970. The summed E-state index contributed by atoms with van der Waals surface area (Å²) in [4.78, 5) is 14.1. The van der Waals surface area contributed by atoms with Crippen LogP contribution in [0.1, 0.15) is 18.3 Å². The van der Waals surface area contributed by atoms with E-state index in [1.165, 1.54) is 5.56 Å². The molecule has 0 aliphatic rings. The van der Waals surface area contributed by atoms with E-state index in [-0.39, 0.29) is 0 Å². The third-order valence-electron chi connectivity index (χ3n) is 3.85. The topological polar surface area (TPSA) is 38.7 Å². The van der Waals surface area contributed by atoms with Gasteiger partial charge in [0.25, 0.3) is 0 Å². The van der Waals surface area contributed by atoms with Gasteiger partial charge < -0.3 is 0 Å². The van der Waals surface area contributed by atoms with E-state index in [0.29, 0.717) is 17.5 Å². The summed E-state index contributed by atoms with van der Waals surface area (Å²) in [6.45, 7) is 7.83. The molecule has 0 aliphatic heterocycles. The van der Waals surface area contributed by atoms with Crippen LogP contribution in [0.25, 0.3) is 28.3 Å². The molecule has 0 radical (unpaired) electrons. The van der Waals surface area contributed by atoms with E-state index >= 15 is 0 Å². The lowest BCUT2D eigenvalue weighted by atomic mass is 10.1. The van der Waals surface area contributed by atoms with Crippen molar-refractivity contribution in [1.82, 2.24) is 15.0 Å². The Morgan fingerprint density at radius 1 is 0.885 bits per heavy atom. The molecule has 26 heavy (non-hydrogen) atoms. The highest BCUT2D eigenvalue weighted by molar-refractivity contribution is 5.73. The molecule has 3 nitrogen and oxygen atoms in total. The number of benzene rings is 2. The average Bonchev–Trinajstić information content (AvgIpc) is 2.68. The molecule has 0 bridgehead atoms. The summed E-state index contributed by atoms with van der Waals surface area (Å²) in [5.74, 6) is 1.96. The van der Waals surface area contributed by atoms with E-state index in [4.69, 9.17) is 15.0 Å². The molecule has 2 aromatic carbocycles. The smallest absolute Gasteiger partial charge is 0.164 e. The molecule has 1 aromatic heterocycles. The average molecular weight is 339 g/mol. The second kappa shape index (κ2) is 8.17. The van der Waals surface area contributed by atoms with Crippen molar-refractivity contribution in [2.75, 3.05) is 0 Å². The Balaban J connectivity index is 2.23. The van der Waals surface area contributed by atoms with Crippen LogP contribution in [0.4, 0.5) is 0 Å². The van der Waals surface area contributed by atoms with Gasteiger partial charge in [0.05, 0.1) is 0 Å². The van der Waals surface area contributed by atoms with Gasteiger partial charge in [0, 0.05) is 16.7 Å². The zero-order valence-corrected chi connectivity index (χ0v) is 15.1. The monoisotopic (exact) mass is 339 g/mol. The second-order valence-corrected chi connectivity index (χ2v) is 5.90. The van der Waals surface area contributed by atoms with E-state index in [0.717, 1.165) is 16.7 Å². The first-order chi connectivity index (χ1) is 12.7. The fourth-order valence-electron chi connectivity index (χ4n) is 2.65. The van der Waals surface area contributed by atoms with Crippen LogP contribution in [0.15, 0.2) is 85.5 Å². The molecule has 0 amide bonds. The molecule has 1 heterocycles. The van der Waals surface area contributed by atoms with Gasteiger partial charge >= 0.3 is 0 Å². The summed E-state index contributed by atoms with van der Waals surface area (Å²) in [6.07, 6.45) is 7.59. The van der Waals surface area contributed by atoms with Crippen LogP contribution in [0.3, 0.4) is 0 Å². The Morgan fingerprint density at radius 3 is 2.23 bits per heavy atom. The van der Waals surface area contributed by atoms with E-state index < -0.39 is 0 Å². The highest BCUT2D eigenvalue weighted by atomic mass is 15.0. The molecule has 0 fully saturated rings. The molecule has 0 unspecified atom stereocenters. The largest absolute Gasteiger partial charge is 0.208 e. The minimum absolute atomic E-state index is 0.633. The molecule has 0 N–H and O–H groups in total. The standard InChI is InChI=1S/C23H21N3/c1-4-10-18(11-5-2)21-24-22(19-13-7-6-8-14-19)26-23(25-21)20-15-9-12-17(3)16-20/h4-16H,1H2,2-3H3/b11-5-,18-10+.